The minimum absolute atomic E-state index is 0.135. The maximum atomic E-state index is 12.3. The zero-order valence-electron chi connectivity index (χ0n) is 9.49. The standard InChI is InChI=1S/C10H13BrN2O4S/c11-8-3-10(5-12-4-8)18(15,16)13-1-2-17-9(6-13)7-14/h3-5,9,14H,1-2,6-7H2. The molecule has 0 radical (unpaired) electrons. The summed E-state index contributed by atoms with van der Waals surface area (Å²) in [7, 11) is -3.58. The van der Waals surface area contributed by atoms with Crippen LogP contribution in [-0.4, -0.2) is 55.2 Å². The van der Waals surface area contributed by atoms with Crippen molar-refractivity contribution in [2.45, 2.75) is 11.0 Å². The molecule has 1 aliphatic rings. The normalized spacial score (nSPS) is 22.0. The fourth-order valence-electron chi connectivity index (χ4n) is 1.70. The lowest BCUT2D eigenvalue weighted by Gasteiger charge is -2.31. The first-order valence-electron chi connectivity index (χ1n) is 5.37. The van der Waals surface area contributed by atoms with Crippen LogP contribution in [0.5, 0.6) is 0 Å². The molecule has 0 saturated carbocycles. The highest BCUT2D eigenvalue weighted by molar-refractivity contribution is 9.10. The third-order valence-corrected chi connectivity index (χ3v) is 4.89. The second kappa shape index (κ2) is 5.62. The minimum Gasteiger partial charge on any atom is -0.394 e. The number of rotatable bonds is 3. The van der Waals surface area contributed by atoms with Gasteiger partial charge in [0.2, 0.25) is 10.0 Å². The fraction of sp³-hybridized carbons (Fsp3) is 0.500. The molecule has 1 N–H and O–H groups in total. The summed E-state index contributed by atoms with van der Waals surface area (Å²) < 4.78 is 31.8. The van der Waals surface area contributed by atoms with Gasteiger partial charge in [-0.15, -0.1) is 0 Å². The van der Waals surface area contributed by atoms with Crippen molar-refractivity contribution >= 4 is 26.0 Å². The summed E-state index contributed by atoms with van der Waals surface area (Å²) in [5.74, 6) is 0. The smallest absolute Gasteiger partial charge is 0.244 e. The van der Waals surface area contributed by atoms with Gasteiger partial charge in [-0.25, -0.2) is 8.42 Å². The van der Waals surface area contributed by atoms with Crippen LogP contribution >= 0.6 is 15.9 Å². The maximum absolute atomic E-state index is 12.3. The molecule has 0 aliphatic carbocycles. The number of aliphatic hydroxyl groups is 1. The molecule has 0 bridgehead atoms. The van der Waals surface area contributed by atoms with E-state index >= 15 is 0 Å². The van der Waals surface area contributed by atoms with Gasteiger partial charge >= 0.3 is 0 Å². The summed E-state index contributed by atoms with van der Waals surface area (Å²) in [5, 5.41) is 9.02. The first-order valence-corrected chi connectivity index (χ1v) is 7.60. The van der Waals surface area contributed by atoms with Crippen LogP contribution in [0.25, 0.3) is 0 Å². The third kappa shape index (κ3) is 2.89. The summed E-state index contributed by atoms with van der Waals surface area (Å²) in [4.78, 5) is 3.99. The fourth-order valence-corrected chi connectivity index (χ4v) is 3.67. The van der Waals surface area contributed by atoms with Crippen LogP contribution in [0.15, 0.2) is 27.8 Å². The van der Waals surface area contributed by atoms with Crippen molar-refractivity contribution in [2.24, 2.45) is 0 Å². The van der Waals surface area contributed by atoms with E-state index < -0.39 is 16.1 Å². The predicted octanol–water partition coefficient (Wildman–Crippen LogP) is 0.226. The lowest BCUT2D eigenvalue weighted by Crippen LogP contribution is -2.46. The van der Waals surface area contributed by atoms with Gasteiger partial charge < -0.3 is 9.84 Å². The van der Waals surface area contributed by atoms with Gasteiger partial charge in [0.25, 0.3) is 0 Å². The Morgan fingerprint density at radius 1 is 1.56 bits per heavy atom. The molecule has 0 spiro atoms. The predicted molar refractivity (Wildman–Crippen MR) is 67.5 cm³/mol. The van der Waals surface area contributed by atoms with Gasteiger partial charge in [0.15, 0.2) is 0 Å². The van der Waals surface area contributed by atoms with Crippen molar-refractivity contribution in [3.05, 3.63) is 22.9 Å². The number of hydrogen-bond acceptors (Lipinski definition) is 5. The number of morpholine rings is 1. The van der Waals surface area contributed by atoms with Gasteiger partial charge in [-0.05, 0) is 22.0 Å². The minimum atomic E-state index is -3.58. The highest BCUT2D eigenvalue weighted by atomic mass is 79.9. The summed E-state index contributed by atoms with van der Waals surface area (Å²) in [6.07, 6.45) is 2.37. The lowest BCUT2D eigenvalue weighted by molar-refractivity contribution is -0.0304. The highest BCUT2D eigenvalue weighted by Gasteiger charge is 2.30. The van der Waals surface area contributed by atoms with E-state index in [2.05, 4.69) is 20.9 Å². The molecular weight excluding hydrogens is 324 g/mol. The molecule has 1 saturated heterocycles. The highest BCUT2D eigenvalue weighted by Crippen LogP contribution is 2.20. The van der Waals surface area contributed by atoms with Crippen molar-refractivity contribution < 1.29 is 18.3 Å². The topological polar surface area (TPSA) is 79.7 Å². The van der Waals surface area contributed by atoms with Crippen LogP contribution in [0.3, 0.4) is 0 Å². The Hall–Kier alpha value is -0.540. The first-order chi connectivity index (χ1) is 8.54. The zero-order valence-corrected chi connectivity index (χ0v) is 11.9. The SMILES string of the molecule is O=S(=O)(c1cncc(Br)c1)N1CCOC(CO)C1. The molecule has 1 atom stereocenters. The van der Waals surface area contributed by atoms with Gasteiger partial charge in [0, 0.05) is 30.0 Å². The van der Waals surface area contributed by atoms with Gasteiger partial charge in [-0.2, -0.15) is 4.31 Å². The Morgan fingerprint density at radius 2 is 2.33 bits per heavy atom. The number of sulfonamides is 1. The molecule has 6 nitrogen and oxygen atoms in total. The van der Waals surface area contributed by atoms with Crippen LogP contribution in [0.4, 0.5) is 0 Å². The Labute approximate surface area is 114 Å². The Morgan fingerprint density at radius 3 is 3.00 bits per heavy atom. The van der Waals surface area contributed by atoms with Crippen molar-refractivity contribution in [1.29, 1.82) is 0 Å². The second-order valence-electron chi connectivity index (χ2n) is 3.88. The largest absolute Gasteiger partial charge is 0.394 e. The van der Waals surface area contributed by atoms with Crippen molar-refractivity contribution in [1.82, 2.24) is 9.29 Å². The quantitative estimate of drug-likeness (QED) is 0.854. The van der Waals surface area contributed by atoms with E-state index in [9.17, 15) is 8.42 Å². The van der Waals surface area contributed by atoms with E-state index in [1.165, 1.54) is 22.8 Å². The van der Waals surface area contributed by atoms with Crippen LogP contribution < -0.4 is 0 Å². The molecule has 1 aliphatic heterocycles. The van der Waals surface area contributed by atoms with Gasteiger partial charge in [-0.1, -0.05) is 0 Å². The molecule has 100 valence electrons. The van der Waals surface area contributed by atoms with Crippen LogP contribution in [0.1, 0.15) is 0 Å². The number of aliphatic hydroxyl groups excluding tert-OH is 1. The average molecular weight is 337 g/mol. The molecule has 0 amide bonds. The lowest BCUT2D eigenvalue weighted by atomic mass is 10.3. The number of nitrogens with zero attached hydrogens (tertiary/aromatic N) is 2. The van der Waals surface area contributed by atoms with E-state index in [1.807, 2.05) is 0 Å². The van der Waals surface area contributed by atoms with Gasteiger partial charge in [0.1, 0.15) is 4.90 Å². The molecule has 1 unspecified atom stereocenters. The third-order valence-electron chi connectivity index (χ3n) is 2.62. The van der Waals surface area contributed by atoms with E-state index in [-0.39, 0.29) is 31.2 Å². The molecule has 0 aromatic carbocycles. The summed E-state index contributed by atoms with van der Waals surface area (Å²) in [5.41, 5.74) is 0. The number of halogens is 1. The molecule has 2 heterocycles. The summed E-state index contributed by atoms with van der Waals surface area (Å²) in [6, 6.07) is 1.51. The number of pyridine rings is 1. The molecule has 18 heavy (non-hydrogen) atoms. The molecule has 1 fully saturated rings. The first kappa shape index (κ1) is 13.9. The van der Waals surface area contributed by atoms with Crippen molar-refractivity contribution in [3.63, 3.8) is 0 Å². The van der Waals surface area contributed by atoms with E-state index in [0.29, 0.717) is 4.47 Å². The summed E-state index contributed by atoms with van der Waals surface area (Å²) >= 11 is 3.19. The second-order valence-corrected chi connectivity index (χ2v) is 6.73. The maximum Gasteiger partial charge on any atom is 0.244 e. The Bertz CT molecular complexity index is 522. The number of ether oxygens (including phenoxy) is 1. The molecule has 1 aromatic rings. The Balaban J connectivity index is 2.25. The number of hydrogen-bond donors (Lipinski definition) is 1. The van der Waals surface area contributed by atoms with Gasteiger partial charge in [-0.3, -0.25) is 4.98 Å². The van der Waals surface area contributed by atoms with Gasteiger partial charge in [0.05, 0.1) is 19.3 Å². The van der Waals surface area contributed by atoms with Crippen LogP contribution in [0, 0.1) is 0 Å². The monoisotopic (exact) mass is 336 g/mol. The summed E-state index contributed by atoms with van der Waals surface area (Å²) in [6.45, 7) is 0.533. The zero-order chi connectivity index (χ0) is 13.2. The molecular formula is C10H13BrN2O4S. The molecule has 8 heteroatoms. The van der Waals surface area contributed by atoms with Crippen LogP contribution in [0.2, 0.25) is 0 Å². The van der Waals surface area contributed by atoms with E-state index in [0.717, 1.165) is 0 Å². The van der Waals surface area contributed by atoms with E-state index in [4.69, 9.17) is 9.84 Å². The average Bonchev–Trinajstić information content (AvgIpc) is 2.39. The van der Waals surface area contributed by atoms with Crippen LogP contribution in [-0.2, 0) is 14.8 Å². The Kier molecular flexibility index (Phi) is 4.33. The van der Waals surface area contributed by atoms with Crippen molar-refractivity contribution in [3.8, 4) is 0 Å². The number of aromatic nitrogens is 1. The van der Waals surface area contributed by atoms with E-state index in [1.54, 1.807) is 0 Å². The van der Waals surface area contributed by atoms with Crippen molar-refractivity contribution in [2.75, 3.05) is 26.3 Å². The molecule has 2 rings (SSSR count). The molecule has 1 aromatic heterocycles.